The van der Waals surface area contributed by atoms with Gasteiger partial charge in [-0.05, 0) is 13.3 Å². The molecule has 0 aromatic heterocycles. The van der Waals surface area contributed by atoms with Crippen LogP contribution in [0.3, 0.4) is 0 Å². The van der Waals surface area contributed by atoms with Gasteiger partial charge in [0.2, 0.25) is 0 Å². The van der Waals surface area contributed by atoms with E-state index in [2.05, 4.69) is 14.0 Å². The Balaban J connectivity index is 2.36. The van der Waals surface area contributed by atoms with Crippen LogP contribution in [0, 0.1) is 5.92 Å². The average Bonchev–Trinajstić information content (AvgIpc) is 2.16. The molecule has 1 aliphatic rings. The molecule has 2 heteroatoms. The molecule has 1 aliphatic heterocycles. The highest BCUT2D eigenvalue weighted by Crippen LogP contribution is 2.23. The second kappa shape index (κ2) is 4.92. The van der Waals surface area contributed by atoms with Crippen molar-refractivity contribution in [3.8, 4) is 0 Å². The van der Waals surface area contributed by atoms with Gasteiger partial charge >= 0.3 is 0 Å². The van der Waals surface area contributed by atoms with Crippen LogP contribution in [-0.2, 0) is 4.79 Å². The summed E-state index contributed by atoms with van der Waals surface area (Å²) in [4.78, 5) is 11.2. The van der Waals surface area contributed by atoms with Gasteiger partial charge in [-0.2, -0.15) is 0 Å². The molecule has 1 heterocycles. The molecule has 0 aliphatic carbocycles. The van der Waals surface area contributed by atoms with E-state index in [-0.39, 0.29) is 0 Å². The molecule has 0 atom stereocenters. The Morgan fingerprint density at radius 2 is 1.93 bits per heavy atom. The van der Waals surface area contributed by atoms with Crippen LogP contribution >= 0.6 is 0 Å². The number of unbranched alkanes of at least 4 members (excludes halogenated alkanes) is 1. The third-order valence-corrected chi connectivity index (χ3v) is 3.66. The second-order valence-electron chi connectivity index (χ2n) is 5.03. The fourth-order valence-electron chi connectivity index (χ4n) is 2.36. The molecule has 0 amide bonds. The number of carbonyl (C=O) groups is 1. The monoisotopic (exact) mass is 198 g/mol. The summed E-state index contributed by atoms with van der Waals surface area (Å²) in [5, 5.41) is 0. The van der Waals surface area contributed by atoms with E-state index in [0.29, 0.717) is 11.7 Å². The molecule has 0 spiro atoms. The number of piperidine rings is 1. The number of rotatable bonds is 4. The molecule has 0 aromatic carbocycles. The van der Waals surface area contributed by atoms with Crippen LogP contribution in [0.25, 0.3) is 0 Å². The summed E-state index contributed by atoms with van der Waals surface area (Å²) in [6.45, 7) is 7.68. The normalized spacial score (nSPS) is 32.9. The Bertz CT molecular complexity index is 192. The zero-order valence-corrected chi connectivity index (χ0v) is 9.88. The van der Waals surface area contributed by atoms with Gasteiger partial charge in [0, 0.05) is 18.8 Å². The van der Waals surface area contributed by atoms with Gasteiger partial charge in [-0.15, -0.1) is 0 Å². The fourth-order valence-corrected chi connectivity index (χ4v) is 2.36. The van der Waals surface area contributed by atoms with E-state index < -0.39 is 0 Å². The van der Waals surface area contributed by atoms with Crippen LogP contribution in [0.2, 0.25) is 0 Å². The quantitative estimate of drug-likeness (QED) is 0.633. The Morgan fingerprint density at radius 1 is 1.36 bits per heavy atom. The number of hydrogen-bond donors (Lipinski definition) is 0. The zero-order chi connectivity index (χ0) is 10.6. The summed E-state index contributed by atoms with van der Waals surface area (Å²) in [7, 11) is 2.34. The number of quaternary nitrogens is 1. The van der Waals surface area contributed by atoms with Gasteiger partial charge in [-0.25, -0.2) is 0 Å². The molecule has 0 unspecified atom stereocenters. The molecule has 1 fully saturated rings. The summed E-state index contributed by atoms with van der Waals surface area (Å²) in [6.07, 6.45) is 4.82. The van der Waals surface area contributed by atoms with E-state index in [1.54, 1.807) is 6.92 Å². The van der Waals surface area contributed by atoms with E-state index in [1.807, 2.05) is 0 Å². The highest BCUT2D eigenvalue weighted by Gasteiger charge is 2.31. The largest absolute Gasteiger partial charge is 0.326 e. The van der Waals surface area contributed by atoms with Crippen molar-refractivity contribution in [2.45, 2.75) is 39.5 Å². The molecule has 0 saturated carbocycles. The van der Waals surface area contributed by atoms with Gasteiger partial charge in [-0.1, -0.05) is 13.3 Å². The maximum atomic E-state index is 11.2. The zero-order valence-electron chi connectivity index (χ0n) is 9.88. The molecule has 0 radical (unpaired) electrons. The lowest BCUT2D eigenvalue weighted by atomic mass is 9.92. The molecule has 1 saturated heterocycles. The number of Topliss-reactive ketones (excluding diaryl/α,β-unsaturated/α-hetero) is 1. The third kappa shape index (κ3) is 3.09. The van der Waals surface area contributed by atoms with Gasteiger partial charge in [0.25, 0.3) is 0 Å². The Hall–Kier alpha value is -0.370. The van der Waals surface area contributed by atoms with Gasteiger partial charge < -0.3 is 4.48 Å². The van der Waals surface area contributed by atoms with E-state index in [0.717, 1.165) is 12.8 Å². The van der Waals surface area contributed by atoms with Crippen molar-refractivity contribution in [3.63, 3.8) is 0 Å². The third-order valence-electron chi connectivity index (χ3n) is 3.66. The number of hydrogen-bond acceptors (Lipinski definition) is 1. The minimum Gasteiger partial charge on any atom is -0.326 e. The molecular weight excluding hydrogens is 174 g/mol. The minimum absolute atomic E-state index is 0.364. The van der Waals surface area contributed by atoms with E-state index >= 15 is 0 Å². The lowest BCUT2D eigenvalue weighted by Gasteiger charge is -2.40. The maximum absolute atomic E-state index is 11.2. The van der Waals surface area contributed by atoms with E-state index in [1.165, 1.54) is 37.0 Å². The van der Waals surface area contributed by atoms with Gasteiger partial charge in [0.1, 0.15) is 5.78 Å². The maximum Gasteiger partial charge on any atom is 0.133 e. The summed E-state index contributed by atoms with van der Waals surface area (Å²) in [6, 6.07) is 0. The minimum atomic E-state index is 0.364. The summed E-state index contributed by atoms with van der Waals surface area (Å²) >= 11 is 0. The predicted octanol–water partition coefficient (Wildman–Crippen LogP) is 2.23. The average molecular weight is 198 g/mol. The van der Waals surface area contributed by atoms with Crippen molar-refractivity contribution < 1.29 is 9.28 Å². The first kappa shape index (κ1) is 11.7. The summed E-state index contributed by atoms with van der Waals surface area (Å²) < 4.78 is 1.19. The van der Waals surface area contributed by atoms with Crippen LogP contribution in [0.4, 0.5) is 0 Å². The van der Waals surface area contributed by atoms with Crippen LogP contribution in [0.1, 0.15) is 39.5 Å². The van der Waals surface area contributed by atoms with Crippen molar-refractivity contribution in [1.29, 1.82) is 0 Å². The summed E-state index contributed by atoms with van der Waals surface area (Å²) in [5.41, 5.74) is 0. The molecular formula is C12H24NO+. The Labute approximate surface area is 87.9 Å². The van der Waals surface area contributed by atoms with Crippen molar-refractivity contribution >= 4 is 5.78 Å². The van der Waals surface area contributed by atoms with Crippen molar-refractivity contribution in [2.24, 2.45) is 5.92 Å². The first-order valence-electron chi connectivity index (χ1n) is 5.91. The number of ketones is 1. The lowest BCUT2D eigenvalue weighted by molar-refractivity contribution is -0.915. The lowest BCUT2D eigenvalue weighted by Crippen LogP contribution is -2.51. The highest BCUT2D eigenvalue weighted by atomic mass is 16.1. The van der Waals surface area contributed by atoms with Crippen molar-refractivity contribution in [3.05, 3.63) is 0 Å². The standard InChI is InChI=1S/C12H24NO/c1-4-5-8-13(3)9-6-12(7-10-13)11(2)14/h12H,4-10H2,1-3H3/q+1. The highest BCUT2D eigenvalue weighted by molar-refractivity contribution is 5.78. The van der Waals surface area contributed by atoms with Crippen LogP contribution in [-0.4, -0.2) is 36.9 Å². The number of likely N-dealkylation sites (tertiary alicyclic amines) is 1. The van der Waals surface area contributed by atoms with Crippen molar-refractivity contribution in [1.82, 2.24) is 0 Å². The van der Waals surface area contributed by atoms with Crippen LogP contribution < -0.4 is 0 Å². The first-order valence-corrected chi connectivity index (χ1v) is 5.91. The Kier molecular flexibility index (Phi) is 4.11. The molecule has 0 bridgehead atoms. The van der Waals surface area contributed by atoms with Gasteiger partial charge in [-0.3, -0.25) is 4.79 Å². The number of nitrogens with zero attached hydrogens (tertiary/aromatic N) is 1. The predicted molar refractivity (Wildman–Crippen MR) is 59.1 cm³/mol. The molecule has 14 heavy (non-hydrogen) atoms. The molecule has 2 nitrogen and oxygen atoms in total. The SMILES string of the molecule is CCCC[N+]1(C)CCC(C(C)=O)CC1. The van der Waals surface area contributed by atoms with Crippen molar-refractivity contribution in [2.75, 3.05) is 26.7 Å². The summed E-state index contributed by atoms with van der Waals surface area (Å²) in [5.74, 6) is 0.759. The molecule has 0 aromatic rings. The smallest absolute Gasteiger partial charge is 0.133 e. The topological polar surface area (TPSA) is 17.1 Å². The first-order chi connectivity index (χ1) is 6.57. The Morgan fingerprint density at radius 3 is 2.36 bits per heavy atom. The number of carbonyl (C=O) groups excluding carboxylic acids is 1. The molecule has 1 rings (SSSR count). The van der Waals surface area contributed by atoms with E-state index in [4.69, 9.17) is 0 Å². The van der Waals surface area contributed by atoms with E-state index in [9.17, 15) is 4.79 Å². The van der Waals surface area contributed by atoms with Gasteiger partial charge in [0.05, 0.1) is 26.7 Å². The second-order valence-corrected chi connectivity index (χ2v) is 5.03. The molecule has 0 N–H and O–H groups in total. The molecule has 82 valence electrons. The fraction of sp³-hybridized carbons (Fsp3) is 0.917. The van der Waals surface area contributed by atoms with Crippen LogP contribution in [0.5, 0.6) is 0 Å². The van der Waals surface area contributed by atoms with Gasteiger partial charge in [0.15, 0.2) is 0 Å². The van der Waals surface area contributed by atoms with Crippen LogP contribution in [0.15, 0.2) is 0 Å².